The van der Waals surface area contributed by atoms with Crippen molar-refractivity contribution in [3.63, 3.8) is 0 Å². The van der Waals surface area contributed by atoms with E-state index >= 15 is 0 Å². The molecule has 5 heteroatoms. The number of fused-ring (bicyclic) bond motifs is 1. The van der Waals surface area contributed by atoms with Crippen LogP contribution in [0.2, 0.25) is 18.1 Å². The van der Waals surface area contributed by atoms with Crippen molar-refractivity contribution in [3.8, 4) is 0 Å². The Kier molecular flexibility index (Phi) is 6.82. The number of pyridine rings is 1. The molecule has 28 heavy (non-hydrogen) atoms. The average Bonchev–Trinajstić information content (AvgIpc) is 2.56. The fraction of sp³-hybridized carbons (Fsp3) is 0.739. The summed E-state index contributed by atoms with van der Waals surface area (Å²) in [6.07, 6.45) is 4.45. The van der Waals surface area contributed by atoms with E-state index in [1.54, 1.807) is 0 Å². The van der Waals surface area contributed by atoms with Crippen molar-refractivity contribution in [2.75, 3.05) is 0 Å². The van der Waals surface area contributed by atoms with Crippen LogP contribution >= 0.6 is 0 Å². The van der Waals surface area contributed by atoms with Crippen LogP contribution in [-0.2, 0) is 33.4 Å². The molecule has 0 radical (unpaired) electrons. The normalized spacial score (nSPS) is 16.5. The van der Waals surface area contributed by atoms with Gasteiger partial charge in [-0.25, -0.2) is 0 Å². The highest BCUT2D eigenvalue weighted by Crippen LogP contribution is 2.41. The van der Waals surface area contributed by atoms with Gasteiger partial charge in [0.2, 0.25) is 0 Å². The molecule has 0 N–H and O–H groups in total. The molecule has 0 bridgehead atoms. The standard InChI is InChI=1S/C23H39NO3Si/c1-16(27-28(8,9)23(5,6)7)19-14-17(15-26-21(25)22(2,3)4)24-20-13-11-10-12-18(19)20/h14,16H,10-13,15H2,1-9H3/t16-/m0/s1. The zero-order valence-corrected chi connectivity index (χ0v) is 20.4. The van der Waals surface area contributed by atoms with Crippen LogP contribution in [0.25, 0.3) is 0 Å². The van der Waals surface area contributed by atoms with Crippen molar-refractivity contribution >= 4 is 14.3 Å². The van der Waals surface area contributed by atoms with Gasteiger partial charge in [0.15, 0.2) is 8.32 Å². The van der Waals surface area contributed by atoms with Crippen LogP contribution in [0.15, 0.2) is 6.07 Å². The third-order valence-corrected chi connectivity index (χ3v) is 10.6. The van der Waals surface area contributed by atoms with Gasteiger partial charge in [0.05, 0.1) is 17.2 Å². The molecule has 158 valence electrons. The molecule has 0 aromatic carbocycles. The van der Waals surface area contributed by atoms with E-state index in [9.17, 15) is 4.79 Å². The number of carbonyl (C=O) groups excluding carboxylic acids is 1. The first-order valence-electron chi connectivity index (χ1n) is 10.6. The lowest BCUT2D eigenvalue weighted by atomic mass is 9.90. The van der Waals surface area contributed by atoms with E-state index < -0.39 is 13.7 Å². The van der Waals surface area contributed by atoms with E-state index in [1.807, 2.05) is 20.8 Å². The van der Waals surface area contributed by atoms with Gasteiger partial charge >= 0.3 is 5.97 Å². The highest BCUT2D eigenvalue weighted by atomic mass is 28.4. The number of esters is 1. The molecule has 0 fully saturated rings. The van der Waals surface area contributed by atoms with Gasteiger partial charge in [0, 0.05) is 5.69 Å². The quantitative estimate of drug-likeness (QED) is 0.436. The van der Waals surface area contributed by atoms with Crippen LogP contribution in [0.4, 0.5) is 0 Å². The summed E-state index contributed by atoms with van der Waals surface area (Å²) in [5, 5.41) is 0.166. The first-order chi connectivity index (χ1) is 12.7. The molecule has 1 aromatic rings. The summed E-state index contributed by atoms with van der Waals surface area (Å²) in [6, 6.07) is 2.11. The summed E-state index contributed by atoms with van der Waals surface area (Å²) in [4.78, 5) is 17.0. The minimum absolute atomic E-state index is 0.0211. The average molecular weight is 406 g/mol. The number of aryl methyl sites for hydroxylation is 1. The van der Waals surface area contributed by atoms with E-state index in [4.69, 9.17) is 14.1 Å². The third kappa shape index (κ3) is 5.44. The van der Waals surface area contributed by atoms with Gasteiger partial charge in [0.25, 0.3) is 0 Å². The van der Waals surface area contributed by atoms with Crippen LogP contribution < -0.4 is 0 Å². The summed E-state index contributed by atoms with van der Waals surface area (Å²) in [7, 11) is -1.88. The number of hydrogen-bond acceptors (Lipinski definition) is 4. The van der Waals surface area contributed by atoms with Gasteiger partial charge in [-0.2, -0.15) is 0 Å². The van der Waals surface area contributed by atoms with Gasteiger partial charge < -0.3 is 9.16 Å². The van der Waals surface area contributed by atoms with Crippen molar-refractivity contribution in [1.29, 1.82) is 0 Å². The van der Waals surface area contributed by atoms with Crippen molar-refractivity contribution in [2.24, 2.45) is 5.41 Å². The van der Waals surface area contributed by atoms with Gasteiger partial charge in [-0.05, 0) is 88.7 Å². The van der Waals surface area contributed by atoms with Crippen LogP contribution in [0.3, 0.4) is 0 Å². The molecule has 0 aliphatic heterocycles. The molecule has 1 aliphatic rings. The van der Waals surface area contributed by atoms with Crippen molar-refractivity contribution in [3.05, 3.63) is 28.6 Å². The fourth-order valence-electron chi connectivity index (χ4n) is 3.27. The molecule has 0 saturated carbocycles. The second-order valence-electron chi connectivity index (χ2n) is 10.7. The predicted molar refractivity (Wildman–Crippen MR) is 117 cm³/mol. The van der Waals surface area contributed by atoms with E-state index in [1.165, 1.54) is 24.0 Å². The smallest absolute Gasteiger partial charge is 0.311 e. The lowest BCUT2D eigenvalue weighted by Gasteiger charge is -2.39. The molecule has 1 aliphatic carbocycles. The third-order valence-electron chi connectivity index (χ3n) is 6.07. The Morgan fingerprint density at radius 2 is 1.75 bits per heavy atom. The Bertz CT molecular complexity index is 714. The van der Waals surface area contributed by atoms with Gasteiger partial charge in [0.1, 0.15) is 6.61 Å². The summed E-state index contributed by atoms with van der Waals surface area (Å²) in [6.45, 7) is 19.4. The highest BCUT2D eigenvalue weighted by molar-refractivity contribution is 6.74. The van der Waals surface area contributed by atoms with Crippen molar-refractivity contribution in [1.82, 2.24) is 4.98 Å². The SMILES string of the molecule is C[C@H](O[Si](C)(C)C(C)(C)C)c1cc(COC(=O)C(C)(C)C)nc2c1CCCC2. The molecule has 1 aromatic heterocycles. The van der Waals surface area contributed by atoms with E-state index in [0.717, 1.165) is 24.2 Å². The van der Waals surface area contributed by atoms with Crippen LogP contribution in [0.1, 0.15) is 89.9 Å². The van der Waals surface area contributed by atoms with E-state index in [2.05, 4.69) is 46.9 Å². The minimum atomic E-state index is -1.88. The van der Waals surface area contributed by atoms with Crippen LogP contribution in [0.5, 0.6) is 0 Å². The van der Waals surface area contributed by atoms with Crippen LogP contribution in [-0.4, -0.2) is 19.3 Å². The number of hydrogen-bond donors (Lipinski definition) is 0. The summed E-state index contributed by atoms with van der Waals surface area (Å²) < 4.78 is 12.2. The molecule has 0 spiro atoms. The topological polar surface area (TPSA) is 48.4 Å². The predicted octanol–water partition coefficient (Wildman–Crippen LogP) is 6.13. The number of ether oxygens (including phenoxy) is 1. The van der Waals surface area contributed by atoms with Gasteiger partial charge in [-0.1, -0.05) is 20.8 Å². The highest BCUT2D eigenvalue weighted by Gasteiger charge is 2.39. The maximum absolute atomic E-state index is 12.2. The Morgan fingerprint density at radius 3 is 2.32 bits per heavy atom. The monoisotopic (exact) mass is 405 g/mol. The number of rotatable bonds is 5. The lowest BCUT2D eigenvalue weighted by Crippen LogP contribution is -2.41. The maximum atomic E-state index is 12.2. The molecule has 1 atom stereocenters. The Hall–Kier alpha value is -1.20. The Labute approximate surface area is 172 Å². The molecule has 0 saturated heterocycles. The zero-order valence-electron chi connectivity index (χ0n) is 19.4. The maximum Gasteiger partial charge on any atom is 0.311 e. The van der Waals surface area contributed by atoms with E-state index in [-0.39, 0.29) is 23.7 Å². The van der Waals surface area contributed by atoms with Crippen molar-refractivity contribution in [2.45, 2.75) is 105 Å². The first-order valence-corrected chi connectivity index (χ1v) is 13.5. The molecule has 0 amide bonds. The van der Waals surface area contributed by atoms with E-state index in [0.29, 0.717) is 0 Å². The van der Waals surface area contributed by atoms with Gasteiger partial charge in [-0.15, -0.1) is 0 Å². The van der Waals surface area contributed by atoms with Crippen LogP contribution in [0, 0.1) is 5.41 Å². The zero-order chi connectivity index (χ0) is 21.3. The molecular weight excluding hydrogens is 366 g/mol. The number of carbonyl (C=O) groups is 1. The number of aromatic nitrogens is 1. The largest absolute Gasteiger partial charge is 0.459 e. The fourth-order valence-corrected chi connectivity index (χ4v) is 4.64. The molecule has 0 unspecified atom stereocenters. The molecule has 2 rings (SSSR count). The Balaban J connectivity index is 2.31. The molecule has 1 heterocycles. The second kappa shape index (κ2) is 8.27. The molecule has 4 nitrogen and oxygen atoms in total. The van der Waals surface area contributed by atoms with Gasteiger partial charge in [-0.3, -0.25) is 9.78 Å². The summed E-state index contributed by atoms with van der Waals surface area (Å²) in [5.41, 5.74) is 4.07. The lowest BCUT2D eigenvalue weighted by molar-refractivity contribution is -0.154. The van der Waals surface area contributed by atoms with Crippen molar-refractivity contribution < 1.29 is 14.0 Å². The number of nitrogens with zero attached hydrogens (tertiary/aromatic N) is 1. The molecular formula is C23H39NO3Si. The second-order valence-corrected chi connectivity index (χ2v) is 15.4. The summed E-state index contributed by atoms with van der Waals surface area (Å²) >= 11 is 0. The minimum Gasteiger partial charge on any atom is -0.459 e. The first kappa shape index (κ1) is 23.1. The Morgan fingerprint density at radius 1 is 1.14 bits per heavy atom. The summed E-state index contributed by atoms with van der Waals surface area (Å²) in [5.74, 6) is -0.195.